The number of nitrogens with zero attached hydrogens (tertiary/aromatic N) is 4. The van der Waals surface area contributed by atoms with Gasteiger partial charge in [0.15, 0.2) is 0 Å². The van der Waals surface area contributed by atoms with Gasteiger partial charge in [0.1, 0.15) is 36.1 Å². The maximum absolute atomic E-state index is 14.3. The predicted molar refractivity (Wildman–Crippen MR) is 224 cm³/mol. The number of alkyl carbamates (subject to hydrolysis) is 1. The van der Waals surface area contributed by atoms with Gasteiger partial charge in [0.2, 0.25) is 11.8 Å². The number of hydrogen-bond acceptors (Lipinski definition) is 8. The van der Waals surface area contributed by atoms with E-state index in [0.717, 1.165) is 99.9 Å². The molecule has 1 saturated carbocycles. The molecule has 1 aliphatic carbocycles. The van der Waals surface area contributed by atoms with E-state index in [9.17, 15) is 24.3 Å². The molecule has 15 heteroatoms. The van der Waals surface area contributed by atoms with Gasteiger partial charge in [-0.1, -0.05) is 52.3 Å². The van der Waals surface area contributed by atoms with Gasteiger partial charge in [0.05, 0.1) is 42.1 Å². The minimum Gasteiger partial charge on any atom is -0.488 e. The van der Waals surface area contributed by atoms with Crippen molar-refractivity contribution in [1.29, 1.82) is 0 Å². The fraction of sp³-hybridized carbons (Fsp3) is 0.467. The van der Waals surface area contributed by atoms with Crippen molar-refractivity contribution in [1.82, 2.24) is 40.4 Å². The van der Waals surface area contributed by atoms with Crippen molar-refractivity contribution in [3.05, 3.63) is 65.9 Å². The normalized spacial score (nSPS) is 21.8. The fourth-order valence-electron chi connectivity index (χ4n) is 10.1. The Labute approximate surface area is 347 Å². The van der Waals surface area contributed by atoms with E-state index in [1.807, 2.05) is 38.7 Å². The van der Waals surface area contributed by atoms with Crippen molar-refractivity contribution in [3.8, 4) is 28.1 Å². The topological polar surface area (TPSA) is 195 Å². The van der Waals surface area contributed by atoms with Crippen LogP contribution >= 0.6 is 0 Å². The van der Waals surface area contributed by atoms with E-state index < -0.39 is 24.3 Å². The highest BCUT2D eigenvalue weighted by Gasteiger charge is 2.49. The molecule has 9 rings (SSSR count). The number of imidazole rings is 2. The zero-order chi connectivity index (χ0) is 42.0. The number of amides is 4. The van der Waals surface area contributed by atoms with Crippen molar-refractivity contribution >= 4 is 45.8 Å². The Bertz CT molecular complexity index is 2510. The van der Waals surface area contributed by atoms with E-state index in [-0.39, 0.29) is 41.8 Å². The van der Waals surface area contributed by atoms with Crippen LogP contribution in [0.2, 0.25) is 0 Å². The van der Waals surface area contributed by atoms with E-state index in [2.05, 4.69) is 57.0 Å². The summed E-state index contributed by atoms with van der Waals surface area (Å²) in [5.74, 6) is 1.92. The third-order valence-corrected chi connectivity index (χ3v) is 13.1. The molecule has 4 aliphatic rings. The molecule has 3 aliphatic heterocycles. The average molecular weight is 817 g/mol. The van der Waals surface area contributed by atoms with E-state index in [1.54, 1.807) is 11.1 Å². The first-order valence-corrected chi connectivity index (χ1v) is 21.1. The molecule has 314 valence electrons. The molecule has 5 heterocycles. The fourth-order valence-corrected chi connectivity index (χ4v) is 10.1. The molecule has 15 nitrogen and oxygen atoms in total. The van der Waals surface area contributed by atoms with Crippen molar-refractivity contribution in [3.63, 3.8) is 0 Å². The standard InChI is InChI=1S/C45H52N8O7/c1-22(2)37(50-44(56)57)42(54)52-15-7-10-34(52)40-46-20-32(48-40)25-11-13-28-27(16-25)21-60-36-19-29-24(17-30(28)36)12-14-31-39(29)49-41(47-31)35-18-26-8-6-9-33(26)53(35)43(55)38(23(3)4)51-45(58)59-5/h11-14,16-17,19-20,22-23,26,33-35,37-38,50H,6-10,15,18,21H2,1-5H3,(H,46,48)(H,47,49)(H,51,58)(H,56,57)/t26-,33-,34?,35-,37?,38?/m0/s1. The van der Waals surface area contributed by atoms with Gasteiger partial charge in [0, 0.05) is 23.5 Å². The molecular formula is C45H52N8O7. The number of fused-ring (bicyclic) bond motifs is 7. The summed E-state index contributed by atoms with van der Waals surface area (Å²) in [6, 6.07) is 12.7. The van der Waals surface area contributed by atoms with Crippen LogP contribution < -0.4 is 15.4 Å². The number of carbonyl (C=O) groups is 4. The summed E-state index contributed by atoms with van der Waals surface area (Å²) in [6.07, 6.45) is 5.39. The van der Waals surface area contributed by atoms with E-state index >= 15 is 0 Å². The molecule has 2 saturated heterocycles. The number of rotatable bonds is 9. The largest absolute Gasteiger partial charge is 0.488 e. The molecule has 0 spiro atoms. The van der Waals surface area contributed by atoms with E-state index in [1.165, 1.54) is 7.11 Å². The van der Waals surface area contributed by atoms with Crippen LogP contribution in [0, 0.1) is 17.8 Å². The number of methoxy groups -OCH3 is 1. The molecule has 3 unspecified atom stereocenters. The molecule has 5 aromatic rings. The first-order chi connectivity index (χ1) is 28.9. The molecule has 5 N–H and O–H groups in total. The number of likely N-dealkylation sites (tertiary alicyclic amines) is 2. The lowest BCUT2D eigenvalue weighted by Gasteiger charge is -2.33. The lowest BCUT2D eigenvalue weighted by molar-refractivity contribution is -0.138. The number of benzene rings is 3. The summed E-state index contributed by atoms with van der Waals surface area (Å²) in [5, 5.41) is 16.5. The third kappa shape index (κ3) is 6.86. The monoisotopic (exact) mass is 816 g/mol. The first kappa shape index (κ1) is 39.3. The van der Waals surface area contributed by atoms with Crippen LogP contribution in [0.15, 0.2) is 48.7 Å². The molecule has 0 bridgehead atoms. The third-order valence-electron chi connectivity index (χ3n) is 13.1. The SMILES string of the molecule is COC(=O)NC(C(=O)N1[C@H](c2nc3c(ccc4cc5c(cc43)OCc3cc(-c4cnc(C6CCCN6C(=O)C(NC(=O)O)C(C)C)[nH]4)ccc3-5)[nH]2)C[C@@H]2CCC[C@@H]21)C(C)C. The number of hydrogen-bond donors (Lipinski definition) is 5. The highest BCUT2D eigenvalue weighted by atomic mass is 16.5. The van der Waals surface area contributed by atoms with Gasteiger partial charge in [-0.05, 0) is 96.2 Å². The van der Waals surface area contributed by atoms with Gasteiger partial charge in [0.25, 0.3) is 0 Å². The van der Waals surface area contributed by atoms with Crippen molar-refractivity contribution in [2.45, 2.75) is 103 Å². The molecule has 3 aromatic carbocycles. The Morgan fingerprint density at radius 2 is 1.68 bits per heavy atom. The Hall–Kier alpha value is -6.12. The van der Waals surface area contributed by atoms with Crippen LogP contribution in [0.1, 0.15) is 95.5 Å². The average Bonchev–Trinajstić information content (AvgIpc) is 4.08. The highest BCUT2D eigenvalue weighted by Crippen LogP contribution is 2.48. The lowest BCUT2D eigenvalue weighted by Crippen LogP contribution is -2.53. The number of ether oxygens (including phenoxy) is 2. The molecule has 60 heavy (non-hydrogen) atoms. The van der Waals surface area contributed by atoms with Crippen LogP contribution in [-0.4, -0.2) is 90.6 Å². The Balaban J connectivity index is 0.981. The summed E-state index contributed by atoms with van der Waals surface area (Å²) < 4.78 is 11.3. The number of nitrogens with one attached hydrogen (secondary N) is 4. The van der Waals surface area contributed by atoms with Gasteiger partial charge in [-0.25, -0.2) is 19.6 Å². The van der Waals surface area contributed by atoms with Gasteiger partial charge in [-0.15, -0.1) is 0 Å². The second-order valence-corrected chi connectivity index (χ2v) is 17.5. The Kier molecular flexibility index (Phi) is 10.2. The second kappa shape index (κ2) is 15.5. The maximum atomic E-state index is 14.3. The minimum atomic E-state index is -1.22. The molecule has 4 amide bonds. The van der Waals surface area contributed by atoms with Crippen molar-refractivity contribution in [2.24, 2.45) is 17.8 Å². The van der Waals surface area contributed by atoms with Crippen LogP contribution in [-0.2, 0) is 20.9 Å². The van der Waals surface area contributed by atoms with Crippen LogP contribution in [0.5, 0.6) is 5.75 Å². The molecule has 0 radical (unpaired) electrons. The van der Waals surface area contributed by atoms with Gasteiger partial charge < -0.3 is 45.0 Å². The Morgan fingerprint density at radius 3 is 2.45 bits per heavy atom. The number of carbonyl (C=O) groups excluding carboxylic acids is 3. The molecule has 3 fully saturated rings. The zero-order valence-electron chi connectivity index (χ0n) is 34.6. The van der Waals surface area contributed by atoms with Crippen LogP contribution in [0.3, 0.4) is 0 Å². The zero-order valence-corrected chi connectivity index (χ0v) is 34.6. The van der Waals surface area contributed by atoms with Crippen LogP contribution in [0.4, 0.5) is 9.59 Å². The summed E-state index contributed by atoms with van der Waals surface area (Å²) in [7, 11) is 1.31. The summed E-state index contributed by atoms with van der Waals surface area (Å²) in [6.45, 7) is 8.45. The molecule has 6 atom stereocenters. The number of aromatic amines is 2. The summed E-state index contributed by atoms with van der Waals surface area (Å²) in [5.41, 5.74) is 6.58. The molecule has 2 aromatic heterocycles. The number of H-pyrrole nitrogens is 2. The number of carboxylic acid groups (broad SMARTS) is 1. The van der Waals surface area contributed by atoms with Crippen molar-refractivity contribution < 1.29 is 33.8 Å². The molecular weight excluding hydrogens is 765 g/mol. The van der Waals surface area contributed by atoms with Crippen molar-refractivity contribution in [2.75, 3.05) is 13.7 Å². The minimum absolute atomic E-state index is 0.100. The van der Waals surface area contributed by atoms with Gasteiger partial charge in [-0.3, -0.25) is 9.59 Å². The quantitative estimate of drug-likeness (QED) is 0.100. The first-order valence-electron chi connectivity index (χ1n) is 21.1. The smallest absolute Gasteiger partial charge is 0.407 e. The highest BCUT2D eigenvalue weighted by molar-refractivity contribution is 6.07. The Morgan fingerprint density at radius 1 is 0.883 bits per heavy atom. The van der Waals surface area contributed by atoms with Gasteiger partial charge >= 0.3 is 12.2 Å². The summed E-state index contributed by atoms with van der Waals surface area (Å²) >= 11 is 0. The van der Waals surface area contributed by atoms with E-state index in [0.29, 0.717) is 24.9 Å². The van der Waals surface area contributed by atoms with Crippen LogP contribution in [0.25, 0.3) is 44.2 Å². The van der Waals surface area contributed by atoms with E-state index in [4.69, 9.17) is 19.4 Å². The lowest BCUT2D eigenvalue weighted by atomic mass is 9.92. The maximum Gasteiger partial charge on any atom is 0.407 e. The summed E-state index contributed by atoms with van der Waals surface area (Å²) in [4.78, 5) is 72.2. The second-order valence-electron chi connectivity index (χ2n) is 17.5. The van der Waals surface area contributed by atoms with Gasteiger partial charge in [-0.2, -0.15) is 0 Å². The predicted octanol–water partition coefficient (Wildman–Crippen LogP) is 7.44. The number of aromatic nitrogens is 4.